The molecule has 1 amide bonds. The molecule has 2 aliphatic carbocycles. The lowest BCUT2D eigenvalue weighted by molar-refractivity contribution is 0.0455. The van der Waals surface area contributed by atoms with Gasteiger partial charge >= 0.3 is 0 Å². The van der Waals surface area contributed by atoms with E-state index in [1.807, 2.05) is 25.1 Å². The molecule has 0 radical (unpaired) electrons. The Bertz CT molecular complexity index is 1610. The van der Waals surface area contributed by atoms with Crippen molar-refractivity contribution < 1.29 is 27.8 Å². The number of benzene rings is 2. The van der Waals surface area contributed by atoms with Gasteiger partial charge in [0.2, 0.25) is 10.0 Å². The fourth-order valence-corrected chi connectivity index (χ4v) is 10.5. The van der Waals surface area contributed by atoms with E-state index in [1.54, 1.807) is 18.2 Å². The summed E-state index contributed by atoms with van der Waals surface area (Å²) in [6, 6.07) is 11.4. The molecular formula is C36H45ClN2O6S. The Morgan fingerprint density at radius 3 is 2.78 bits per heavy atom. The van der Waals surface area contributed by atoms with E-state index in [9.17, 15) is 18.3 Å². The van der Waals surface area contributed by atoms with Crippen molar-refractivity contribution in [1.82, 2.24) is 4.72 Å². The van der Waals surface area contributed by atoms with Crippen LogP contribution in [-0.4, -0.2) is 63.2 Å². The standard InChI is InChI=1S/C36H45ClN2O6S/c1-23-5-2-8-32(40)29-12-9-26(29)20-39-21-36(15-3-6-24-17-27(37)11-13-30(24)36)22-45-33-14-10-25(18-31(33)39)35(41)38-46(42,43)34(23)19-28-7-4-16-44-28/h2,8,10-11,13-14,17-18,23,26,28-29,32,34,40H,3-7,9,12,15-16,19-22H2,1H3,(H,38,41)/b8-2-/t23-,26+,28+,29-,32+,34+,36+/m1/s1. The van der Waals surface area contributed by atoms with Crippen molar-refractivity contribution in [2.75, 3.05) is 31.2 Å². The number of aryl methyl sites for hydroxylation is 1. The van der Waals surface area contributed by atoms with Gasteiger partial charge in [0.1, 0.15) is 5.75 Å². The highest BCUT2D eigenvalue weighted by atomic mass is 35.5. The number of sulfonamides is 1. The normalized spacial score (nSPS) is 34.8. The first-order valence-corrected chi connectivity index (χ1v) is 18.9. The first kappa shape index (κ1) is 32.0. The van der Waals surface area contributed by atoms with Crippen LogP contribution in [0.15, 0.2) is 48.6 Å². The molecule has 248 valence electrons. The molecule has 10 heteroatoms. The fraction of sp³-hybridized carbons (Fsp3) is 0.583. The molecule has 2 aromatic carbocycles. The average molecular weight is 669 g/mol. The Kier molecular flexibility index (Phi) is 8.89. The second-order valence-corrected chi connectivity index (χ2v) is 16.6. The lowest BCUT2D eigenvalue weighted by Crippen LogP contribution is -2.49. The Balaban J connectivity index is 1.27. The molecule has 46 heavy (non-hydrogen) atoms. The number of halogens is 1. The highest BCUT2D eigenvalue weighted by Gasteiger charge is 2.44. The zero-order valence-electron chi connectivity index (χ0n) is 26.5. The van der Waals surface area contributed by atoms with Gasteiger partial charge in [0.25, 0.3) is 5.91 Å². The number of carbonyl (C=O) groups is 1. The van der Waals surface area contributed by atoms with Crippen LogP contribution in [0.25, 0.3) is 0 Å². The number of fused-ring (bicyclic) bond motifs is 4. The van der Waals surface area contributed by atoms with Crippen LogP contribution in [0.5, 0.6) is 5.75 Å². The highest BCUT2D eigenvalue weighted by molar-refractivity contribution is 7.90. The molecule has 2 N–H and O–H groups in total. The molecule has 2 fully saturated rings. The Hall–Kier alpha value is -2.59. The first-order chi connectivity index (χ1) is 22.1. The fourth-order valence-electron chi connectivity index (χ4n) is 8.55. The van der Waals surface area contributed by atoms with Crippen molar-refractivity contribution in [2.24, 2.45) is 17.8 Å². The van der Waals surface area contributed by atoms with E-state index < -0.39 is 27.3 Å². The maximum atomic E-state index is 13.9. The van der Waals surface area contributed by atoms with Crippen LogP contribution in [0.4, 0.5) is 5.69 Å². The number of ether oxygens (including phenoxy) is 2. The zero-order valence-corrected chi connectivity index (χ0v) is 28.1. The highest BCUT2D eigenvalue weighted by Crippen LogP contribution is 2.47. The van der Waals surface area contributed by atoms with Gasteiger partial charge in [-0.25, -0.2) is 13.1 Å². The zero-order chi connectivity index (χ0) is 32.1. The van der Waals surface area contributed by atoms with Crippen molar-refractivity contribution in [3.8, 4) is 5.75 Å². The maximum Gasteiger partial charge on any atom is 0.264 e. The van der Waals surface area contributed by atoms with Gasteiger partial charge in [-0.1, -0.05) is 36.7 Å². The van der Waals surface area contributed by atoms with Crippen molar-refractivity contribution in [3.05, 3.63) is 70.3 Å². The summed E-state index contributed by atoms with van der Waals surface area (Å²) in [5, 5.41) is 11.2. The number of hydrogen-bond acceptors (Lipinski definition) is 7. The van der Waals surface area contributed by atoms with Gasteiger partial charge in [0, 0.05) is 35.7 Å². The number of carbonyl (C=O) groups excluding carboxylic acids is 1. The third-order valence-corrected chi connectivity index (χ3v) is 13.5. The van der Waals surface area contributed by atoms with Crippen LogP contribution < -0.4 is 14.4 Å². The van der Waals surface area contributed by atoms with Gasteiger partial charge in [0.05, 0.1) is 29.8 Å². The minimum Gasteiger partial charge on any atom is -0.490 e. The third-order valence-electron chi connectivity index (χ3n) is 11.3. The van der Waals surface area contributed by atoms with E-state index in [4.69, 9.17) is 21.1 Å². The van der Waals surface area contributed by atoms with Gasteiger partial charge in [-0.15, -0.1) is 0 Å². The minimum absolute atomic E-state index is 0.110. The number of aliphatic hydroxyl groups excluding tert-OH is 1. The number of hydrogen-bond donors (Lipinski definition) is 2. The van der Waals surface area contributed by atoms with Crippen LogP contribution >= 0.6 is 11.6 Å². The number of amides is 1. The topological polar surface area (TPSA) is 105 Å². The number of aliphatic hydroxyl groups is 1. The summed E-state index contributed by atoms with van der Waals surface area (Å²) in [4.78, 5) is 16.0. The van der Waals surface area contributed by atoms with E-state index >= 15 is 0 Å². The van der Waals surface area contributed by atoms with Crippen LogP contribution in [0.1, 0.15) is 79.8 Å². The molecule has 8 nitrogen and oxygen atoms in total. The smallest absolute Gasteiger partial charge is 0.264 e. The van der Waals surface area contributed by atoms with Gasteiger partial charge < -0.3 is 19.5 Å². The second-order valence-electron chi connectivity index (χ2n) is 14.3. The molecule has 2 aromatic rings. The summed E-state index contributed by atoms with van der Waals surface area (Å²) in [6.07, 6.45) is 10.4. The number of anilines is 1. The van der Waals surface area contributed by atoms with Crippen LogP contribution in [0, 0.1) is 17.8 Å². The van der Waals surface area contributed by atoms with Crippen LogP contribution in [-0.2, 0) is 26.6 Å². The molecule has 1 saturated heterocycles. The molecule has 7 rings (SSSR count). The molecule has 1 saturated carbocycles. The SMILES string of the molecule is C[C@@H]1C/C=C\[C@H](O)[C@@H]2CC[C@H]2CN2C[C@@]3(CCCc4cc(Cl)ccc43)COc3ccc(cc32)C(=O)NS(=O)(=O)[C@H]1C[C@@H]1CCCO1. The number of rotatable bonds is 2. The molecule has 5 aliphatic rings. The van der Waals surface area contributed by atoms with E-state index in [1.165, 1.54) is 11.1 Å². The molecular weight excluding hydrogens is 624 g/mol. The quantitative estimate of drug-likeness (QED) is 0.390. The lowest BCUT2D eigenvalue weighted by atomic mass is 9.68. The molecule has 3 heterocycles. The molecule has 2 bridgehead atoms. The largest absolute Gasteiger partial charge is 0.490 e. The summed E-state index contributed by atoms with van der Waals surface area (Å²) < 4.78 is 42.5. The molecule has 1 spiro atoms. The third kappa shape index (κ3) is 6.20. The van der Waals surface area contributed by atoms with E-state index in [0.29, 0.717) is 44.9 Å². The monoisotopic (exact) mass is 668 g/mol. The predicted molar refractivity (Wildman–Crippen MR) is 179 cm³/mol. The summed E-state index contributed by atoms with van der Waals surface area (Å²) in [6.45, 7) is 4.42. The summed E-state index contributed by atoms with van der Waals surface area (Å²) in [5.41, 5.74) is 3.31. The molecule has 3 aliphatic heterocycles. The Labute approximate surface area is 277 Å². The van der Waals surface area contributed by atoms with E-state index in [0.717, 1.165) is 55.7 Å². The maximum absolute atomic E-state index is 13.9. The molecule has 7 atom stereocenters. The molecule has 0 unspecified atom stereocenters. The lowest BCUT2D eigenvalue weighted by Gasteiger charge is -2.45. The molecule has 0 aromatic heterocycles. The number of allylic oxidation sites excluding steroid dienone is 1. The number of nitrogens with one attached hydrogen (secondary N) is 1. The van der Waals surface area contributed by atoms with Crippen molar-refractivity contribution >= 4 is 33.2 Å². The predicted octanol–water partition coefficient (Wildman–Crippen LogP) is 5.79. The Morgan fingerprint density at radius 2 is 2.00 bits per heavy atom. The van der Waals surface area contributed by atoms with Crippen LogP contribution in [0.2, 0.25) is 5.02 Å². The van der Waals surface area contributed by atoms with Crippen molar-refractivity contribution in [3.63, 3.8) is 0 Å². The van der Waals surface area contributed by atoms with Gasteiger partial charge in [-0.05, 0) is 117 Å². The summed E-state index contributed by atoms with van der Waals surface area (Å²) >= 11 is 6.41. The van der Waals surface area contributed by atoms with Crippen molar-refractivity contribution in [2.45, 2.75) is 87.6 Å². The van der Waals surface area contributed by atoms with Gasteiger partial charge in [-0.2, -0.15) is 0 Å². The van der Waals surface area contributed by atoms with E-state index in [-0.39, 0.29) is 34.8 Å². The van der Waals surface area contributed by atoms with Crippen molar-refractivity contribution in [1.29, 1.82) is 0 Å². The summed E-state index contributed by atoms with van der Waals surface area (Å²) in [5.74, 6) is 0.149. The van der Waals surface area contributed by atoms with Gasteiger partial charge in [0.15, 0.2) is 0 Å². The first-order valence-electron chi connectivity index (χ1n) is 16.9. The average Bonchev–Trinajstić information content (AvgIpc) is 3.47. The number of nitrogens with zero attached hydrogens (tertiary/aromatic N) is 1. The van der Waals surface area contributed by atoms with Gasteiger partial charge in [-0.3, -0.25) is 4.79 Å². The summed E-state index contributed by atoms with van der Waals surface area (Å²) in [7, 11) is -4.04. The Morgan fingerprint density at radius 1 is 1.13 bits per heavy atom. The van der Waals surface area contributed by atoms with Crippen LogP contribution in [0.3, 0.4) is 0 Å². The minimum atomic E-state index is -4.04. The van der Waals surface area contributed by atoms with E-state index in [2.05, 4.69) is 21.8 Å². The second kappa shape index (κ2) is 12.8.